The Morgan fingerprint density at radius 1 is 1.60 bits per heavy atom. The van der Waals surface area contributed by atoms with Gasteiger partial charge in [-0.1, -0.05) is 0 Å². The normalized spacial score (nSPS) is 22.2. The molecule has 0 aliphatic carbocycles. The average molecular weight is 209 g/mol. The second-order valence-corrected chi connectivity index (χ2v) is 3.95. The quantitative estimate of drug-likeness (QED) is 0.753. The van der Waals surface area contributed by atoms with Gasteiger partial charge in [-0.25, -0.2) is 9.99 Å². The van der Waals surface area contributed by atoms with E-state index in [0.717, 1.165) is 18.5 Å². The fourth-order valence-corrected chi connectivity index (χ4v) is 2.14. The highest BCUT2D eigenvalue weighted by Crippen LogP contribution is 2.30. The summed E-state index contributed by atoms with van der Waals surface area (Å²) in [4.78, 5) is 3.77. The summed E-state index contributed by atoms with van der Waals surface area (Å²) in [6.07, 6.45) is 3.91. The molecule has 1 aromatic rings. The summed E-state index contributed by atoms with van der Waals surface area (Å²) in [5.41, 5.74) is 4.88. The lowest BCUT2D eigenvalue weighted by Gasteiger charge is -2.23. The Bertz CT molecular complexity index is 354. The average Bonchev–Trinajstić information content (AvgIpc) is 2.70. The van der Waals surface area contributed by atoms with Crippen molar-refractivity contribution in [2.45, 2.75) is 25.8 Å². The molecule has 0 unspecified atom stereocenters. The van der Waals surface area contributed by atoms with Crippen molar-refractivity contribution in [1.82, 2.24) is 15.4 Å². The molecule has 1 saturated heterocycles. The first-order valence-corrected chi connectivity index (χ1v) is 5.28. The maximum atomic E-state index is 13.0. The number of hydrazine groups is 1. The molecular formula is C11H16FN3. The number of aryl methyl sites for hydroxylation is 1. The van der Waals surface area contributed by atoms with E-state index in [0.29, 0.717) is 11.6 Å². The maximum absolute atomic E-state index is 13.0. The van der Waals surface area contributed by atoms with Gasteiger partial charge in [0.05, 0.1) is 6.04 Å². The number of hydrogen-bond acceptors (Lipinski definition) is 3. The summed E-state index contributed by atoms with van der Waals surface area (Å²) < 4.78 is 13.0. The van der Waals surface area contributed by atoms with Gasteiger partial charge in [0, 0.05) is 18.3 Å². The van der Waals surface area contributed by atoms with Crippen LogP contribution in [-0.2, 0) is 0 Å². The second-order valence-electron chi connectivity index (χ2n) is 3.95. The molecule has 1 atom stereocenters. The zero-order valence-electron chi connectivity index (χ0n) is 9.13. The van der Waals surface area contributed by atoms with E-state index in [1.165, 1.54) is 6.42 Å². The predicted octanol–water partition coefficient (Wildman–Crippen LogP) is 1.80. The largest absolute Gasteiger partial charge is 0.258 e. The summed E-state index contributed by atoms with van der Waals surface area (Å²) >= 11 is 0. The fourth-order valence-electron chi connectivity index (χ4n) is 2.14. The fraction of sp³-hybridized carbons (Fsp3) is 0.545. The smallest absolute Gasteiger partial charge is 0.215 e. The SMILES string of the molecule is CNN1CCC[C@@H]1c1cnc(F)c(C)c1. The van der Waals surface area contributed by atoms with Gasteiger partial charge in [-0.2, -0.15) is 4.39 Å². The second kappa shape index (κ2) is 4.24. The Hall–Kier alpha value is -1.00. The van der Waals surface area contributed by atoms with Crippen molar-refractivity contribution in [2.75, 3.05) is 13.6 Å². The van der Waals surface area contributed by atoms with Gasteiger partial charge in [0.15, 0.2) is 0 Å². The molecule has 0 spiro atoms. The van der Waals surface area contributed by atoms with Crippen LogP contribution in [0.1, 0.15) is 30.0 Å². The van der Waals surface area contributed by atoms with Crippen molar-refractivity contribution in [1.29, 1.82) is 0 Å². The van der Waals surface area contributed by atoms with Crippen LogP contribution in [0.3, 0.4) is 0 Å². The van der Waals surface area contributed by atoms with E-state index in [2.05, 4.69) is 15.4 Å². The van der Waals surface area contributed by atoms with Crippen molar-refractivity contribution in [2.24, 2.45) is 0 Å². The Morgan fingerprint density at radius 2 is 2.40 bits per heavy atom. The molecular weight excluding hydrogens is 193 g/mol. The molecule has 15 heavy (non-hydrogen) atoms. The summed E-state index contributed by atoms with van der Waals surface area (Å²) in [5, 5.41) is 2.17. The van der Waals surface area contributed by atoms with Crippen LogP contribution in [0.2, 0.25) is 0 Å². The van der Waals surface area contributed by atoms with Crippen LogP contribution in [0.4, 0.5) is 4.39 Å². The number of aromatic nitrogens is 1. The zero-order valence-corrected chi connectivity index (χ0v) is 9.13. The van der Waals surface area contributed by atoms with E-state index < -0.39 is 0 Å². The molecule has 0 saturated carbocycles. The Labute approximate surface area is 89.3 Å². The lowest BCUT2D eigenvalue weighted by molar-refractivity contribution is 0.190. The van der Waals surface area contributed by atoms with Gasteiger partial charge in [0.2, 0.25) is 5.95 Å². The van der Waals surface area contributed by atoms with Gasteiger partial charge in [0.1, 0.15) is 0 Å². The monoisotopic (exact) mass is 209 g/mol. The van der Waals surface area contributed by atoms with Crippen LogP contribution < -0.4 is 5.43 Å². The topological polar surface area (TPSA) is 28.2 Å². The van der Waals surface area contributed by atoms with E-state index in [1.807, 2.05) is 13.1 Å². The summed E-state index contributed by atoms with van der Waals surface area (Å²) in [6, 6.07) is 2.23. The molecule has 4 heteroatoms. The van der Waals surface area contributed by atoms with Crippen LogP contribution in [0.25, 0.3) is 0 Å². The number of pyridine rings is 1. The first-order chi connectivity index (χ1) is 7.22. The van der Waals surface area contributed by atoms with Crippen LogP contribution in [-0.4, -0.2) is 23.6 Å². The van der Waals surface area contributed by atoms with Crippen LogP contribution in [0.15, 0.2) is 12.3 Å². The molecule has 0 amide bonds. The predicted molar refractivity (Wildman–Crippen MR) is 56.7 cm³/mol. The molecule has 1 fully saturated rings. The summed E-state index contributed by atoms with van der Waals surface area (Å²) in [7, 11) is 1.92. The molecule has 1 aromatic heterocycles. The Morgan fingerprint density at radius 3 is 3.07 bits per heavy atom. The first kappa shape index (κ1) is 10.5. The van der Waals surface area contributed by atoms with Gasteiger partial charge < -0.3 is 0 Å². The lowest BCUT2D eigenvalue weighted by atomic mass is 10.1. The van der Waals surface area contributed by atoms with Crippen molar-refractivity contribution >= 4 is 0 Å². The first-order valence-electron chi connectivity index (χ1n) is 5.28. The summed E-state index contributed by atoms with van der Waals surface area (Å²) in [6.45, 7) is 2.79. The number of nitrogens with one attached hydrogen (secondary N) is 1. The highest BCUT2D eigenvalue weighted by molar-refractivity contribution is 5.21. The van der Waals surface area contributed by atoms with E-state index in [9.17, 15) is 4.39 Å². The maximum Gasteiger partial charge on any atom is 0.215 e. The van der Waals surface area contributed by atoms with Crippen molar-refractivity contribution in [3.63, 3.8) is 0 Å². The molecule has 1 aliphatic rings. The molecule has 0 bridgehead atoms. The van der Waals surface area contributed by atoms with E-state index >= 15 is 0 Å². The van der Waals surface area contributed by atoms with E-state index in [1.54, 1.807) is 13.1 Å². The lowest BCUT2D eigenvalue weighted by Crippen LogP contribution is -2.34. The van der Waals surface area contributed by atoms with Crippen molar-refractivity contribution in [3.05, 3.63) is 29.3 Å². The summed E-state index contributed by atoms with van der Waals surface area (Å²) in [5.74, 6) is -0.368. The zero-order chi connectivity index (χ0) is 10.8. The van der Waals surface area contributed by atoms with Gasteiger partial charge in [-0.05, 0) is 38.4 Å². The number of rotatable bonds is 2. The highest BCUT2D eigenvalue weighted by atomic mass is 19.1. The van der Waals surface area contributed by atoms with Gasteiger partial charge >= 0.3 is 0 Å². The van der Waals surface area contributed by atoms with Crippen LogP contribution >= 0.6 is 0 Å². The van der Waals surface area contributed by atoms with Crippen LogP contribution in [0.5, 0.6) is 0 Å². The van der Waals surface area contributed by atoms with E-state index in [-0.39, 0.29) is 5.95 Å². The minimum Gasteiger partial charge on any atom is -0.258 e. The third-order valence-corrected chi connectivity index (χ3v) is 2.96. The molecule has 1 N–H and O–H groups in total. The van der Waals surface area contributed by atoms with Gasteiger partial charge in [-0.3, -0.25) is 5.43 Å². The molecule has 1 aliphatic heterocycles. The highest BCUT2D eigenvalue weighted by Gasteiger charge is 2.25. The number of hydrogen-bond donors (Lipinski definition) is 1. The molecule has 2 heterocycles. The molecule has 0 radical (unpaired) electrons. The third-order valence-electron chi connectivity index (χ3n) is 2.96. The molecule has 2 rings (SSSR count). The molecule has 0 aromatic carbocycles. The standard InChI is InChI=1S/C11H16FN3/c1-8-6-9(7-14-11(8)12)10-4-3-5-15(10)13-2/h6-7,10,13H,3-5H2,1-2H3/t10-/m1/s1. The van der Waals surface area contributed by atoms with Crippen LogP contribution in [0, 0.1) is 12.9 Å². The minimum absolute atomic E-state index is 0.335. The Balaban J connectivity index is 2.25. The third kappa shape index (κ3) is 2.01. The number of nitrogens with zero attached hydrogens (tertiary/aromatic N) is 2. The molecule has 82 valence electrons. The van der Waals surface area contributed by atoms with E-state index in [4.69, 9.17) is 0 Å². The van der Waals surface area contributed by atoms with Crippen molar-refractivity contribution in [3.8, 4) is 0 Å². The minimum atomic E-state index is -0.368. The number of halogens is 1. The van der Waals surface area contributed by atoms with Gasteiger partial charge in [0.25, 0.3) is 0 Å². The Kier molecular flexibility index (Phi) is 2.98. The molecule has 3 nitrogen and oxygen atoms in total. The van der Waals surface area contributed by atoms with Crippen molar-refractivity contribution < 1.29 is 4.39 Å². The van der Waals surface area contributed by atoms with Gasteiger partial charge in [-0.15, -0.1) is 0 Å².